The van der Waals surface area contributed by atoms with Crippen LogP contribution in [0.15, 0.2) is 23.1 Å². The fraction of sp³-hybridized carbons (Fsp3) is 0.538. The van der Waals surface area contributed by atoms with Gasteiger partial charge in [-0.25, -0.2) is 13.1 Å². The minimum atomic E-state index is -3.68. The molecule has 0 spiro atoms. The van der Waals surface area contributed by atoms with Gasteiger partial charge in [0.15, 0.2) is 0 Å². The van der Waals surface area contributed by atoms with Gasteiger partial charge in [0.25, 0.3) is 0 Å². The average Bonchev–Trinajstić information content (AvgIpc) is 2.38. The summed E-state index contributed by atoms with van der Waals surface area (Å²) in [6.07, 6.45) is 1.24. The van der Waals surface area contributed by atoms with Crippen LogP contribution in [0.1, 0.15) is 32.8 Å². The molecule has 0 heterocycles. The predicted molar refractivity (Wildman–Crippen MR) is 76.3 cm³/mol. The summed E-state index contributed by atoms with van der Waals surface area (Å²) in [6, 6.07) is 4.70. The minimum Gasteiger partial charge on any atom is -0.398 e. The van der Waals surface area contributed by atoms with E-state index in [-0.39, 0.29) is 11.5 Å². The van der Waals surface area contributed by atoms with Crippen molar-refractivity contribution in [2.24, 2.45) is 0 Å². The van der Waals surface area contributed by atoms with Crippen molar-refractivity contribution in [3.05, 3.63) is 23.8 Å². The van der Waals surface area contributed by atoms with Crippen LogP contribution in [0.5, 0.6) is 0 Å². The number of sulfonamides is 1. The zero-order valence-electron chi connectivity index (χ0n) is 11.6. The highest BCUT2D eigenvalue weighted by Gasteiger charge is 2.28. The van der Waals surface area contributed by atoms with Crippen molar-refractivity contribution in [3.8, 4) is 0 Å². The lowest BCUT2D eigenvalue weighted by Gasteiger charge is -2.26. The Bertz CT molecular complexity index is 537. The van der Waals surface area contributed by atoms with E-state index in [1.165, 1.54) is 12.1 Å². The lowest BCUT2D eigenvalue weighted by molar-refractivity contribution is 0.191. The SMILES string of the molecule is CCc1ccc(S(=O)(=O)NC(C)(CC)CO)cc1N. The summed E-state index contributed by atoms with van der Waals surface area (Å²) in [5, 5.41) is 9.28. The molecule has 0 aliphatic rings. The molecule has 0 amide bonds. The molecule has 1 aromatic carbocycles. The molecule has 6 heteroatoms. The molecule has 0 radical (unpaired) electrons. The van der Waals surface area contributed by atoms with Gasteiger partial charge in [-0.2, -0.15) is 0 Å². The van der Waals surface area contributed by atoms with E-state index in [1.54, 1.807) is 13.0 Å². The molecule has 1 unspecified atom stereocenters. The van der Waals surface area contributed by atoms with Crippen molar-refractivity contribution in [2.45, 2.75) is 44.0 Å². The molecular formula is C13H22N2O3S. The van der Waals surface area contributed by atoms with Crippen LogP contribution in [0, 0.1) is 0 Å². The Labute approximate surface area is 114 Å². The summed E-state index contributed by atoms with van der Waals surface area (Å²) in [4.78, 5) is 0.121. The van der Waals surface area contributed by atoms with Gasteiger partial charge in [0, 0.05) is 5.69 Å². The third-order valence-corrected chi connectivity index (χ3v) is 4.95. The third kappa shape index (κ3) is 3.68. The van der Waals surface area contributed by atoms with Crippen LogP contribution in [0.4, 0.5) is 5.69 Å². The number of nitrogens with two attached hydrogens (primary N) is 1. The van der Waals surface area contributed by atoms with Gasteiger partial charge in [0.2, 0.25) is 10.0 Å². The monoisotopic (exact) mass is 286 g/mol. The lowest BCUT2D eigenvalue weighted by Crippen LogP contribution is -2.48. The summed E-state index contributed by atoms with van der Waals surface area (Å²) in [6.45, 7) is 5.17. The topological polar surface area (TPSA) is 92.4 Å². The smallest absolute Gasteiger partial charge is 0.241 e. The van der Waals surface area contributed by atoms with E-state index in [1.807, 2.05) is 13.8 Å². The van der Waals surface area contributed by atoms with E-state index < -0.39 is 15.6 Å². The molecular weight excluding hydrogens is 264 g/mol. The molecule has 1 atom stereocenters. The summed E-state index contributed by atoms with van der Waals surface area (Å²) in [5.41, 5.74) is 6.33. The maximum absolute atomic E-state index is 12.2. The first-order valence-corrected chi connectivity index (χ1v) is 7.79. The number of nitrogen functional groups attached to an aromatic ring is 1. The number of aliphatic hydroxyl groups excluding tert-OH is 1. The van der Waals surface area contributed by atoms with Crippen molar-refractivity contribution < 1.29 is 13.5 Å². The Morgan fingerprint density at radius 1 is 1.37 bits per heavy atom. The van der Waals surface area contributed by atoms with Crippen LogP contribution < -0.4 is 10.5 Å². The molecule has 5 nitrogen and oxygen atoms in total. The van der Waals surface area contributed by atoms with E-state index in [9.17, 15) is 13.5 Å². The molecule has 0 aromatic heterocycles. The highest BCUT2D eigenvalue weighted by molar-refractivity contribution is 7.89. The first kappa shape index (κ1) is 15.9. The van der Waals surface area contributed by atoms with E-state index in [0.29, 0.717) is 12.1 Å². The number of rotatable bonds is 6. The molecule has 0 bridgehead atoms. The van der Waals surface area contributed by atoms with Gasteiger partial charge in [-0.1, -0.05) is 19.9 Å². The van der Waals surface area contributed by atoms with E-state index in [2.05, 4.69) is 4.72 Å². The Morgan fingerprint density at radius 2 is 2.00 bits per heavy atom. The van der Waals surface area contributed by atoms with E-state index >= 15 is 0 Å². The molecule has 4 N–H and O–H groups in total. The van der Waals surface area contributed by atoms with Crippen LogP contribution in [0.3, 0.4) is 0 Å². The van der Waals surface area contributed by atoms with Crippen molar-refractivity contribution in [2.75, 3.05) is 12.3 Å². The number of aryl methyl sites for hydroxylation is 1. The van der Waals surface area contributed by atoms with Crippen LogP contribution >= 0.6 is 0 Å². The average molecular weight is 286 g/mol. The van der Waals surface area contributed by atoms with E-state index in [0.717, 1.165) is 12.0 Å². The Hall–Kier alpha value is -1.11. The van der Waals surface area contributed by atoms with Crippen LogP contribution in [0.2, 0.25) is 0 Å². The van der Waals surface area contributed by atoms with Crippen LogP contribution in [-0.4, -0.2) is 25.7 Å². The summed E-state index contributed by atoms with van der Waals surface area (Å²) >= 11 is 0. The highest BCUT2D eigenvalue weighted by atomic mass is 32.2. The first-order chi connectivity index (χ1) is 8.78. The number of benzene rings is 1. The van der Waals surface area contributed by atoms with Crippen molar-refractivity contribution in [1.29, 1.82) is 0 Å². The zero-order valence-corrected chi connectivity index (χ0v) is 12.4. The summed E-state index contributed by atoms with van der Waals surface area (Å²) in [7, 11) is -3.68. The predicted octanol–water partition coefficient (Wildman–Crippen LogP) is 1.27. The van der Waals surface area contributed by atoms with Crippen LogP contribution in [-0.2, 0) is 16.4 Å². The summed E-state index contributed by atoms with van der Waals surface area (Å²) in [5.74, 6) is 0. The Kier molecular flexibility index (Phi) is 4.95. The standard InChI is InChI=1S/C13H22N2O3S/c1-4-10-6-7-11(8-12(10)14)19(17,18)15-13(3,5-2)9-16/h6-8,15-16H,4-5,9,14H2,1-3H3. The molecule has 0 saturated heterocycles. The first-order valence-electron chi connectivity index (χ1n) is 6.31. The molecule has 1 rings (SSSR count). The molecule has 108 valence electrons. The molecule has 0 fully saturated rings. The fourth-order valence-corrected chi connectivity index (χ4v) is 3.17. The van der Waals surface area contributed by atoms with Crippen molar-refractivity contribution in [3.63, 3.8) is 0 Å². The second kappa shape index (κ2) is 5.90. The minimum absolute atomic E-state index is 0.121. The largest absolute Gasteiger partial charge is 0.398 e. The number of nitrogens with one attached hydrogen (secondary N) is 1. The van der Waals surface area contributed by atoms with Gasteiger partial charge in [0.05, 0.1) is 17.0 Å². The maximum Gasteiger partial charge on any atom is 0.241 e. The van der Waals surface area contributed by atoms with Gasteiger partial charge in [-0.05, 0) is 37.5 Å². The van der Waals surface area contributed by atoms with Gasteiger partial charge in [-0.3, -0.25) is 0 Å². The fourth-order valence-electron chi connectivity index (χ4n) is 1.66. The van der Waals surface area contributed by atoms with Gasteiger partial charge in [-0.15, -0.1) is 0 Å². The molecule has 0 aliphatic carbocycles. The Balaban J connectivity index is 3.11. The third-order valence-electron chi connectivity index (χ3n) is 3.32. The number of anilines is 1. The number of hydrogen-bond acceptors (Lipinski definition) is 4. The van der Waals surface area contributed by atoms with Crippen molar-refractivity contribution >= 4 is 15.7 Å². The number of aliphatic hydroxyl groups is 1. The highest BCUT2D eigenvalue weighted by Crippen LogP contribution is 2.20. The molecule has 19 heavy (non-hydrogen) atoms. The second-order valence-corrected chi connectivity index (χ2v) is 6.57. The maximum atomic E-state index is 12.2. The summed E-state index contributed by atoms with van der Waals surface area (Å²) < 4.78 is 27.0. The number of hydrogen-bond donors (Lipinski definition) is 3. The quantitative estimate of drug-likeness (QED) is 0.687. The van der Waals surface area contributed by atoms with Crippen LogP contribution in [0.25, 0.3) is 0 Å². The van der Waals surface area contributed by atoms with Gasteiger partial charge >= 0.3 is 0 Å². The lowest BCUT2D eigenvalue weighted by atomic mass is 10.0. The molecule has 0 saturated carbocycles. The zero-order chi connectivity index (χ0) is 14.7. The molecule has 0 aliphatic heterocycles. The van der Waals surface area contributed by atoms with Gasteiger partial charge in [0.1, 0.15) is 0 Å². The Morgan fingerprint density at radius 3 is 2.42 bits per heavy atom. The van der Waals surface area contributed by atoms with Gasteiger partial charge < -0.3 is 10.8 Å². The normalized spacial score (nSPS) is 15.2. The second-order valence-electron chi connectivity index (χ2n) is 4.89. The van der Waals surface area contributed by atoms with Crippen molar-refractivity contribution in [1.82, 2.24) is 4.72 Å². The van der Waals surface area contributed by atoms with E-state index in [4.69, 9.17) is 5.73 Å². The molecule has 1 aromatic rings.